The maximum atomic E-state index is 11.5. The summed E-state index contributed by atoms with van der Waals surface area (Å²) in [4.78, 5) is 17.9. The van der Waals surface area contributed by atoms with E-state index < -0.39 is 0 Å². The van der Waals surface area contributed by atoms with Crippen LogP contribution in [0.5, 0.6) is 0 Å². The van der Waals surface area contributed by atoms with Crippen molar-refractivity contribution in [3.05, 3.63) is 34.8 Å². The second-order valence-corrected chi connectivity index (χ2v) is 6.24. The number of hydrogen-bond acceptors (Lipinski definition) is 4. The van der Waals surface area contributed by atoms with E-state index in [1.165, 1.54) is 7.11 Å². The van der Waals surface area contributed by atoms with Crippen molar-refractivity contribution in [2.75, 3.05) is 25.5 Å². The molecule has 116 valence electrons. The molecule has 0 atom stereocenters. The zero-order valence-electron chi connectivity index (χ0n) is 12.4. The molecule has 5 nitrogen and oxygen atoms in total. The van der Waals surface area contributed by atoms with E-state index in [4.69, 9.17) is 4.74 Å². The Labute approximate surface area is 137 Å². The first-order chi connectivity index (χ1) is 10.7. The Balaban J connectivity index is 1.67. The summed E-state index contributed by atoms with van der Waals surface area (Å²) in [5.74, 6) is 0.871. The molecular formula is C16H18BrN3O2. The quantitative estimate of drug-likeness (QED) is 0.884. The molecule has 1 aliphatic rings. The van der Waals surface area contributed by atoms with Crippen LogP contribution in [0.25, 0.3) is 10.9 Å². The van der Waals surface area contributed by atoms with Crippen molar-refractivity contribution < 1.29 is 9.53 Å². The number of halogens is 1. The van der Waals surface area contributed by atoms with Gasteiger partial charge in [0.15, 0.2) is 0 Å². The number of hydrogen-bond donors (Lipinski definition) is 1. The second kappa shape index (κ2) is 6.52. The van der Waals surface area contributed by atoms with Gasteiger partial charge in [-0.1, -0.05) is 12.1 Å². The molecule has 2 aromatic rings. The van der Waals surface area contributed by atoms with Crippen LogP contribution in [0.15, 0.2) is 34.8 Å². The van der Waals surface area contributed by atoms with E-state index in [-0.39, 0.29) is 6.09 Å². The molecule has 1 fully saturated rings. The molecule has 3 rings (SSSR count). The number of methoxy groups -OCH3 is 1. The molecule has 6 heteroatoms. The maximum absolute atomic E-state index is 11.5. The fraction of sp³-hybridized carbons (Fsp3) is 0.375. The summed E-state index contributed by atoms with van der Waals surface area (Å²) in [7, 11) is 1.42. The predicted molar refractivity (Wildman–Crippen MR) is 90.1 cm³/mol. The number of anilines is 1. The Kier molecular flexibility index (Phi) is 4.47. The van der Waals surface area contributed by atoms with Crippen molar-refractivity contribution in [1.29, 1.82) is 0 Å². The van der Waals surface area contributed by atoms with Gasteiger partial charge in [0.25, 0.3) is 0 Å². The molecular weight excluding hydrogens is 346 g/mol. The minimum Gasteiger partial charge on any atom is -0.453 e. The van der Waals surface area contributed by atoms with Crippen LogP contribution in [-0.4, -0.2) is 42.2 Å². The lowest BCUT2D eigenvalue weighted by Gasteiger charge is -2.31. The summed E-state index contributed by atoms with van der Waals surface area (Å²) in [5, 5.41) is 4.58. The number of ether oxygens (including phenoxy) is 1. The van der Waals surface area contributed by atoms with Gasteiger partial charge in [0.2, 0.25) is 0 Å². The number of nitrogens with zero attached hydrogens (tertiary/aromatic N) is 2. The van der Waals surface area contributed by atoms with Gasteiger partial charge < -0.3 is 15.0 Å². The number of piperidine rings is 1. The van der Waals surface area contributed by atoms with Gasteiger partial charge in [-0.05, 0) is 47.0 Å². The lowest BCUT2D eigenvalue weighted by Crippen LogP contribution is -2.42. The molecule has 0 bridgehead atoms. The zero-order chi connectivity index (χ0) is 15.5. The van der Waals surface area contributed by atoms with Crippen molar-refractivity contribution in [1.82, 2.24) is 9.88 Å². The van der Waals surface area contributed by atoms with Crippen molar-refractivity contribution >= 4 is 38.7 Å². The van der Waals surface area contributed by atoms with Gasteiger partial charge in [-0.15, -0.1) is 0 Å². The van der Waals surface area contributed by atoms with Gasteiger partial charge in [-0.2, -0.15) is 0 Å². The minimum atomic E-state index is -0.244. The van der Waals surface area contributed by atoms with Crippen LogP contribution in [0.1, 0.15) is 12.8 Å². The Morgan fingerprint density at radius 2 is 2.09 bits per heavy atom. The lowest BCUT2D eigenvalue weighted by atomic mass is 10.1. The highest BCUT2D eigenvalue weighted by Gasteiger charge is 2.23. The molecule has 22 heavy (non-hydrogen) atoms. The molecule has 1 aromatic carbocycles. The topological polar surface area (TPSA) is 54.5 Å². The number of nitrogens with one attached hydrogen (secondary N) is 1. The van der Waals surface area contributed by atoms with E-state index in [0.29, 0.717) is 19.1 Å². The normalized spacial score (nSPS) is 15.8. The number of amides is 1. The number of aromatic nitrogens is 1. The Hall–Kier alpha value is -1.82. The van der Waals surface area contributed by atoms with Crippen LogP contribution in [0, 0.1) is 0 Å². The SMILES string of the molecule is COC(=O)N1CCC(Nc2ccc3cccc(Br)c3n2)CC1. The lowest BCUT2D eigenvalue weighted by molar-refractivity contribution is 0.113. The van der Waals surface area contributed by atoms with Gasteiger partial charge >= 0.3 is 6.09 Å². The predicted octanol–water partition coefficient (Wildman–Crippen LogP) is 3.64. The van der Waals surface area contributed by atoms with Gasteiger partial charge in [0.05, 0.1) is 12.6 Å². The molecule has 1 saturated heterocycles. The van der Waals surface area contributed by atoms with Crippen LogP contribution in [0.2, 0.25) is 0 Å². The molecule has 0 radical (unpaired) electrons. The number of benzene rings is 1. The number of carbonyl (C=O) groups is 1. The van der Waals surface area contributed by atoms with Gasteiger partial charge in [-0.3, -0.25) is 0 Å². The highest BCUT2D eigenvalue weighted by Crippen LogP contribution is 2.24. The van der Waals surface area contributed by atoms with Gasteiger partial charge in [-0.25, -0.2) is 9.78 Å². The number of rotatable bonds is 2. The first-order valence-electron chi connectivity index (χ1n) is 7.32. The molecule has 1 aromatic heterocycles. The second-order valence-electron chi connectivity index (χ2n) is 5.38. The van der Waals surface area contributed by atoms with Gasteiger partial charge in [0.1, 0.15) is 5.82 Å². The molecule has 2 heterocycles. The standard InChI is InChI=1S/C16H18BrN3O2/c1-22-16(21)20-9-7-12(8-10-20)18-14-6-5-11-3-2-4-13(17)15(11)19-14/h2-6,12H,7-10H2,1H3,(H,18,19). The monoisotopic (exact) mass is 363 g/mol. The number of likely N-dealkylation sites (tertiary alicyclic amines) is 1. The first-order valence-corrected chi connectivity index (χ1v) is 8.11. The van der Waals surface area contributed by atoms with Crippen molar-refractivity contribution in [3.63, 3.8) is 0 Å². The maximum Gasteiger partial charge on any atom is 0.409 e. The number of carbonyl (C=O) groups excluding carboxylic acids is 1. The Morgan fingerprint density at radius 3 is 2.82 bits per heavy atom. The minimum absolute atomic E-state index is 0.244. The van der Waals surface area contributed by atoms with Crippen LogP contribution >= 0.6 is 15.9 Å². The summed E-state index contributed by atoms with van der Waals surface area (Å²) < 4.78 is 5.75. The van der Waals surface area contributed by atoms with Gasteiger partial charge in [0, 0.05) is 29.0 Å². The number of pyridine rings is 1. The molecule has 1 amide bonds. The largest absolute Gasteiger partial charge is 0.453 e. The van der Waals surface area contributed by atoms with Crippen molar-refractivity contribution in [2.24, 2.45) is 0 Å². The van der Waals surface area contributed by atoms with Crippen molar-refractivity contribution in [3.8, 4) is 0 Å². The number of fused-ring (bicyclic) bond motifs is 1. The molecule has 1 aliphatic heterocycles. The molecule has 0 aliphatic carbocycles. The Bertz CT molecular complexity index is 684. The summed E-state index contributed by atoms with van der Waals surface area (Å²) in [6.07, 6.45) is 1.54. The van der Waals surface area contributed by atoms with E-state index in [9.17, 15) is 4.79 Å². The van der Waals surface area contributed by atoms with E-state index in [1.54, 1.807) is 4.90 Å². The highest BCUT2D eigenvalue weighted by molar-refractivity contribution is 9.10. The van der Waals surface area contributed by atoms with Crippen LogP contribution in [0.4, 0.5) is 10.6 Å². The molecule has 0 unspecified atom stereocenters. The molecule has 0 spiro atoms. The fourth-order valence-electron chi connectivity index (χ4n) is 2.74. The third-order valence-corrected chi connectivity index (χ3v) is 4.59. The third-order valence-electron chi connectivity index (χ3n) is 3.95. The summed E-state index contributed by atoms with van der Waals surface area (Å²) in [6, 6.07) is 10.4. The molecule has 1 N–H and O–H groups in total. The molecule has 0 saturated carbocycles. The van der Waals surface area contributed by atoms with Crippen LogP contribution < -0.4 is 5.32 Å². The summed E-state index contributed by atoms with van der Waals surface area (Å²) in [6.45, 7) is 1.42. The van der Waals surface area contributed by atoms with Crippen LogP contribution in [0.3, 0.4) is 0 Å². The van der Waals surface area contributed by atoms with E-state index in [1.807, 2.05) is 24.3 Å². The van der Waals surface area contributed by atoms with Crippen LogP contribution in [-0.2, 0) is 4.74 Å². The van der Waals surface area contributed by atoms with Crippen molar-refractivity contribution in [2.45, 2.75) is 18.9 Å². The average molecular weight is 364 g/mol. The van der Waals surface area contributed by atoms with E-state index in [0.717, 1.165) is 34.0 Å². The third kappa shape index (κ3) is 3.16. The Morgan fingerprint density at radius 1 is 1.32 bits per heavy atom. The smallest absolute Gasteiger partial charge is 0.409 e. The fourth-order valence-corrected chi connectivity index (χ4v) is 3.21. The van der Waals surface area contributed by atoms with E-state index in [2.05, 4.69) is 32.3 Å². The first kappa shape index (κ1) is 15.1. The summed E-state index contributed by atoms with van der Waals surface area (Å²) in [5.41, 5.74) is 0.958. The van der Waals surface area contributed by atoms with E-state index >= 15 is 0 Å². The number of para-hydroxylation sites is 1. The summed E-state index contributed by atoms with van der Waals surface area (Å²) >= 11 is 3.54. The average Bonchev–Trinajstić information content (AvgIpc) is 2.55. The highest BCUT2D eigenvalue weighted by atomic mass is 79.9. The zero-order valence-corrected chi connectivity index (χ0v) is 14.0.